The molecule has 1 saturated heterocycles. The second-order valence-corrected chi connectivity index (χ2v) is 8.31. The molecule has 1 aromatic rings. The SMILES string of the molecule is C=C/C(=C\C=C(/C)C(=O)NCCc1ccc(C)cc1)OCCCCC.CCN1CCCC1. The summed E-state index contributed by atoms with van der Waals surface area (Å²) in [5, 5.41) is 2.94. The Bertz CT molecular complexity index is 713. The van der Waals surface area contributed by atoms with Gasteiger partial charge in [0.25, 0.3) is 0 Å². The van der Waals surface area contributed by atoms with Gasteiger partial charge in [-0.05, 0) is 76.9 Å². The molecule has 0 aliphatic carbocycles. The Morgan fingerprint density at radius 1 is 1.12 bits per heavy atom. The van der Waals surface area contributed by atoms with Crippen LogP contribution in [0.3, 0.4) is 0 Å². The van der Waals surface area contributed by atoms with Crippen LogP contribution in [0.15, 0.2) is 60.4 Å². The Morgan fingerprint density at radius 2 is 1.81 bits per heavy atom. The highest BCUT2D eigenvalue weighted by atomic mass is 16.5. The highest BCUT2D eigenvalue weighted by Gasteiger charge is 2.07. The Balaban J connectivity index is 0.000000616. The molecule has 4 heteroatoms. The summed E-state index contributed by atoms with van der Waals surface area (Å²) in [6.45, 7) is 17.2. The van der Waals surface area contributed by atoms with Crippen molar-refractivity contribution in [3.05, 3.63) is 71.5 Å². The number of allylic oxidation sites excluding steroid dienone is 3. The summed E-state index contributed by atoms with van der Waals surface area (Å²) < 4.78 is 5.64. The van der Waals surface area contributed by atoms with Gasteiger partial charge >= 0.3 is 0 Å². The maximum absolute atomic E-state index is 12.1. The topological polar surface area (TPSA) is 41.6 Å². The van der Waals surface area contributed by atoms with Gasteiger partial charge < -0.3 is 15.0 Å². The van der Waals surface area contributed by atoms with Crippen LogP contribution in [0.4, 0.5) is 0 Å². The molecule has 0 spiro atoms. The molecule has 0 unspecified atom stereocenters. The number of nitrogens with one attached hydrogen (secondary N) is 1. The van der Waals surface area contributed by atoms with Crippen molar-refractivity contribution in [1.29, 1.82) is 0 Å². The molecular weight excluding hydrogens is 396 g/mol. The van der Waals surface area contributed by atoms with Gasteiger partial charge in [-0.15, -0.1) is 0 Å². The number of ether oxygens (including phenoxy) is 1. The summed E-state index contributed by atoms with van der Waals surface area (Å²) >= 11 is 0. The van der Waals surface area contributed by atoms with Gasteiger partial charge in [0, 0.05) is 12.1 Å². The van der Waals surface area contributed by atoms with Crippen LogP contribution in [0.2, 0.25) is 0 Å². The number of carbonyl (C=O) groups excluding carboxylic acids is 1. The monoisotopic (exact) mass is 440 g/mol. The minimum Gasteiger partial charge on any atom is -0.494 e. The number of hydrogen-bond donors (Lipinski definition) is 1. The predicted octanol–water partition coefficient (Wildman–Crippen LogP) is 5.98. The number of likely N-dealkylation sites (tertiary alicyclic amines) is 1. The van der Waals surface area contributed by atoms with E-state index in [1.54, 1.807) is 25.2 Å². The number of amides is 1. The molecule has 2 rings (SSSR count). The first-order chi connectivity index (χ1) is 15.5. The van der Waals surface area contributed by atoms with Gasteiger partial charge in [0.15, 0.2) is 0 Å². The lowest BCUT2D eigenvalue weighted by Gasteiger charge is -2.08. The van der Waals surface area contributed by atoms with Crippen LogP contribution in [0, 0.1) is 6.92 Å². The third-order valence-electron chi connectivity index (χ3n) is 5.54. The van der Waals surface area contributed by atoms with Crippen LogP contribution >= 0.6 is 0 Å². The normalized spacial score (nSPS) is 14.5. The Hall–Kier alpha value is -2.33. The van der Waals surface area contributed by atoms with E-state index >= 15 is 0 Å². The van der Waals surface area contributed by atoms with Crippen LogP contribution in [-0.4, -0.2) is 43.6 Å². The summed E-state index contributed by atoms with van der Waals surface area (Å²) in [5.74, 6) is 0.640. The number of rotatable bonds is 12. The second kappa shape index (κ2) is 17.3. The zero-order chi connectivity index (χ0) is 23.6. The average Bonchev–Trinajstić information content (AvgIpc) is 3.34. The molecule has 178 valence electrons. The molecule has 1 fully saturated rings. The molecule has 32 heavy (non-hydrogen) atoms. The lowest BCUT2D eigenvalue weighted by molar-refractivity contribution is -0.117. The van der Waals surface area contributed by atoms with Crippen molar-refractivity contribution in [3.8, 4) is 0 Å². The van der Waals surface area contributed by atoms with Crippen molar-refractivity contribution in [2.75, 3.05) is 32.8 Å². The Morgan fingerprint density at radius 3 is 2.38 bits per heavy atom. The van der Waals surface area contributed by atoms with E-state index in [1.165, 1.54) is 43.6 Å². The van der Waals surface area contributed by atoms with E-state index < -0.39 is 0 Å². The van der Waals surface area contributed by atoms with Gasteiger partial charge in [-0.25, -0.2) is 0 Å². The number of nitrogens with zero attached hydrogens (tertiary/aromatic N) is 1. The van der Waals surface area contributed by atoms with Gasteiger partial charge in [-0.3, -0.25) is 4.79 Å². The highest BCUT2D eigenvalue weighted by molar-refractivity contribution is 5.93. The third kappa shape index (κ3) is 12.5. The fourth-order valence-electron chi connectivity index (χ4n) is 3.31. The van der Waals surface area contributed by atoms with Crippen LogP contribution in [0.1, 0.15) is 64.0 Å². The van der Waals surface area contributed by atoms with Crippen molar-refractivity contribution < 1.29 is 9.53 Å². The fourth-order valence-corrected chi connectivity index (χ4v) is 3.31. The lowest BCUT2D eigenvalue weighted by Crippen LogP contribution is -2.26. The number of aryl methyl sites for hydroxylation is 1. The van der Waals surface area contributed by atoms with E-state index in [0.717, 1.165) is 25.7 Å². The first-order valence-corrected chi connectivity index (χ1v) is 12.2. The van der Waals surface area contributed by atoms with E-state index in [1.807, 2.05) is 0 Å². The molecule has 1 aliphatic heterocycles. The molecular formula is C28H44N2O2. The summed E-state index contributed by atoms with van der Waals surface area (Å²) in [7, 11) is 0. The van der Waals surface area contributed by atoms with E-state index in [2.05, 4.69) is 61.8 Å². The molecule has 0 atom stereocenters. The maximum Gasteiger partial charge on any atom is 0.246 e. The Labute approximate surface area is 196 Å². The van der Waals surface area contributed by atoms with Crippen LogP contribution < -0.4 is 5.32 Å². The molecule has 1 amide bonds. The van der Waals surface area contributed by atoms with E-state index in [0.29, 0.717) is 24.5 Å². The molecule has 4 nitrogen and oxygen atoms in total. The number of unbranched alkanes of at least 4 members (excludes halogenated alkanes) is 2. The minimum atomic E-state index is -0.0576. The molecule has 1 aromatic carbocycles. The van der Waals surface area contributed by atoms with Crippen LogP contribution in [0.5, 0.6) is 0 Å². The molecule has 0 saturated carbocycles. The summed E-state index contributed by atoms with van der Waals surface area (Å²) in [6.07, 6.45) is 12.3. The largest absolute Gasteiger partial charge is 0.494 e. The zero-order valence-electron chi connectivity index (χ0n) is 20.8. The van der Waals surface area contributed by atoms with Crippen molar-refractivity contribution >= 4 is 5.91 Å². The summed E-state index contributed by atoms with van der Waals surface area (Å²) in [4.78, 5) is 14.6. The van der Waals surface area contributed by atoms with Crippen molar-refractivity contribution in [1.82, 2.24) is 10.2 Å². The molecule has 1 aliphatic rings. The summed E-state index contributed by atoms with van der Waals surface area (Å²) in [5.41, 5.74) is 3.12. The van der Waals surface area contributed by atoms with Gasteiger partial charge in [-0.2, -0.15) is 0 Å². The maximum atomic E-state index is 12.1. The zero-order valence-corrected chi connectivity index (χ0v) is 20.8. The van der Waals surface area contributed by atoms with E-state index in [9.17, 15) is 4.79 Å². The van der Waals surface area contributed by atoms with Gasteiger partial charge in [-0.1, -0.05) is 69.2 Å². The van der Waals surface area contributed by atoms with Gasteiger partial charge in [0.2, 0.25) is 5.91 Å². The molecule has 0 aromatic heterocycles. The third-order valence-corrected chi connectivity index (χ3v) is 5.54. The number of hydrogen-bond acceptors (Lipinski definition) is 3. The second-order valence-electron chi connectivity index (χ2n) is 8.31. The van der Waals surface area contributed by atoms with Crippen LogP contribution in [-0.2, 0) is 16.0 Å². The van der Waals surface area contributed by atoms with E-state index in [4.69, 9.17) is 4.74 Å². The quantitative estimate of drug-likeness (QED) is 0.188. The molecule has 1 N–H and O–H groups in total. The number of carbonyl (C=O) groups is 1. The highest BCUT2D eigenvalue weighted by Crippen LogP contribution is 2.06. The smallest absolute Gasteiger partial charge is 0.246 e. The van der Waals surface area contributed by atoms with E-state index in [-0.39, 0.29) is 5.91 Å². The molecule has 1 heterocycles. The average molecular weight is 441 g/mol. The fraction of sp³-hybridized carbons (Fsp3) is 0.536. The predicted molar refractivity (Wildman–Crippen MR) is 137 cm³/mol. The van der Waals surface area contributed by atoms with Crippen molar-refractivity contribution in [3.63, 3.8) is 0 Å². The lowest BCUT2D eigenvalue weighted by atomic mass is 10.1. The summed E-state index contributed by atoms with van der Waals surface area (Å²) in [6, 6.07) is 8.37. The Kier molecular flexibility index (Phi) is 14.9. The van der Waals surface area contributed by atoms with Gasteiger partial charge in [0.05, 0.1) is 6.61 Å². The first kappa shape index (κ1) is 27.7. The van der Waals surface area contributed by atoms with Crippen molar-refractivity contribution in [2.45, 2.75) is 66.2 Å². The van der Waals surface area contributed by atoms with Crippen molar-refractivity contribution in [2.24, 2.45) is 0 Å². The van der Waals surface area contributed by atoms with Gasteiger partial charge in [0.1, 0.15) is 5.76 Å². The number of benzene rings is 1. The standard InChI is InChI=1S/C22H31NO2.C6H13N/c1-5-7-8-17-25-21(6-2)14-11-19(4)22(24)23-16-15-20-12-9-18(3)10-13-20;1-2-7-5-3-4-6-7/h6,9-14H,2,5,7-8,15-17H2,1,3-4H3,(H,23,24);2-6H2,1H3/b19-11+,21-14+;. The molecule has 0 bridgehead atoms. The molecule has 0 radical (unpaired) electrons. The van der Waals surface area contributed by atoms with Crippen LogP contribution in [0.25, 0.3) is 0 Å². The first-order valence-electron chi connectivity index (χ1n) is 12.2. The minimum absolute atomic E-state index is 0.0576.